The summed E-state index contributed by atoms with van der Waals surface area (Å²) in [7, 11) is 2.20. The van der Waals surface area contributed by atoms with Crippen LogP contribution in [0.5, 0.6) is 5.75 Å². The number of carbonyl (C=O) groups is 2. The van der Waals surface area contributed by atoms with Gasteiger partial charge in [-0.2, -0.15) is 0 Å². The molecule has 11 nitrogen and oxygen atoms in total. The number of hydrogen-bond donors (Lipinski definition) is 6. The number of carboxylic acid groups (broad SMARTS) is 1. The lowest BCUT2D eigenvalue weighted by Crippen LogP contribution is -2.45. The molecule has 2 amide bonds. The second-order valence-corrected chi connectivity index (χ2v) is 16.4. The van der Waals surface area contributed by atoms with Crippen LogP contribution >= 0.6 is 0 Å². The molecule has 62 heavy (non-hydrogen) atoms. The molecule has 0 bridgehead atoms. The van der Waals surface area contributed by atoms with Gasteiger partial charge >= 0.3 is 6.09 Å². The minimum absolute atomic E-state index is 0.0570. The summed E-state index contributed by atoms with van der Waals surface area (Å²) in [5.74, 6) is -0.157. The Morgan fingerprint density at radius 3 is 2.18 bits per heavy atom. The predicted octanol–water partition coefficient (Wildman–Crippen LogP) is 9.05. The van der Waals surface area contributed by atoms with E-state index in [2.05, 4.69) is 51.8 Å². The number of aromatic nitrogens is 1. The molecule has 0 radical (unpaired) electrons. The summed E-state index contributed by atoms with van der Waals surface area (Å²) < 4.78 is 0. The molecular weight excluding hydrogens is 779 g/mol. The number of amides is 2. The summed E-state index contributed by atoms with van der Waals surface area (Å²) in [5, 5.41) is 38.6. The highest BCUT2D eigenvalue weighted by Crippen LogP contribution is 2.37. The second-order valence-electron chi connectivity index (χ2n) is 16.4. The van der Waals surface area contributed by atoms with Crippen LogP contribution in [0.1, 0.15) is 73.3 Å². The highest BCUT2D eigenvalue weighted by molar-refractivity contribution is 5.94. The molecule has 7 rings (SSSR count). The Kier molecular flexibility index (Phi) is 14.8. The van der Waals surface area contributed by atoms with E-state index in [1.54, 1.807) is 17.0 Å². The molecule has 5 aromatic carbocycles. The molecule has 1 heterocycles. The number of nitrogens with one attached hydrogen (secondary N) is 3. The number of phenolic OH excluding ortho intramolecular Hbond substituents is 1. The fourth-order valence-corrected chi connectivity index (χ4v) is 8.76. The lowest BCUT2D eigenvalue weighted by Gasteiger charge is -2.39. The van der Waals surface area contributed by atoms with Crippen molar-refractivity contribution in [1.29, 1.82) is 0 Å². The van der Waals surface area contributed by atoms with Crippen molar-refractivity contribution in [2.75, 3.05) is 30.4 Å². The van der Waals surface area contributed by atoms with Gasteiger partial charge in [0.2, 0.25) is 11.5 Å². The zero-order valence-corrected chi connectivity index (χ0v) is 35.3. The quantitative estimate of drug-likeness (QED) is 0.0501. The smallest absolute Gasteiger partial charge is 0.412 e. The number of fused-ring (bicyclic) bond motifs is 1. The summed E-state index contributed by atoms with van der Waals surface area (Å²) in [4.78, 5) is 44.6. The first-order chi connectivity index (χ1) is 30.1. The lowest BCUT2D eigenvalue weighted by molar-refractivity contribution is -0.116. The molecule has 0 unspecified atom stereocenters. The van der Waals surface area contributed by atoms with Crippen molar-refractivity contribution < 1.29 is 24.9 Å². The van der Waals surface area contributed by atoms with Gasteiger partial charge < -0.3 is 35.8 Å². The molecule has 1 aliphatic carbocycles. The molecule has 11 heteroatoms. The molecule has 1 aromatic heterocycles. The number of nitrogens with zero attached hydrogens (tertiary/aromatic N) is 2. The number of hydrogen-bond acceptors (Lipinski definition) is 7. The van der Waals surface area contributed by atoms with Gasteiger partial charge in [0.05, 0.1) is 17.3 Å². The number of aromatic amines is 1. The Hall–Kier alpha value is -6.27. The molecule has 1 saturated carbocycles. The summed E-state index contributed by atoms with van der Waals surface area (Å²) >= 11 is 0. The van der Waals surface area contributed by atoms with Crippen molar-refractivity contribution in [3.63, 3.8) is 0 Å². The maximum absolute atomic E-state index is 13.1. The third-order valence-electron chi connectivity index (χ3n) is 12.1. The monoisotopic (exact) mass is 835 g/mol. The van der Waals surface area contributed by atoms with Gasteiger partial charge in [0.25, 0.3) is 0 Å². The van der Waals surface area contributed by atoms with Crippen LogP contribution in [-0.4, -0.2) is 69.4 Å². The van der Waals surface area contributed by atoms with Gasteiger partial charge in [-0.3, -0.25) is 14.5 Å². The average Bonchev–Trinajstić information content (AvgIpc) is 3.28. The first-order valence-electron chi connectivity index (χ1n) is 21.7. The standard InChI is InChI=1S/C51H57N5O6/c1-55(31-9-13-35-10-4-2-5-11-35)40-22-24-41(25-23-40)56(51(61)62)45-32-36(19-26-42(45)38-14-6-3-7-15-38)12-8-16-48(59)53-39-20-17-37(18-21-39)33-52-34-47(58)43-27-29-46(57)50-44(43)28-30-49(60)54-50/h2-7,10-11,14-15,17-21,26-30,32,40-41,47,52,57-58H,8-9,12-13,16,22-25,31,33-34H2,1H3,(H,53,59)(H,54,60)(H,61,62)/t40?,41?,47-/m1/s1. The largest absolute Gasteiger partial charge is 0.506 e. The zero-order valence-electron chi connectivity index (χ0n) is 35.3. The fourth-order valence-electron chi connectivity index (χ4n) is 8.76. The van der Waals surface area contributed by atoms with Crippen molar-refractivity contribution in [3.8, 4) is 16.9 Å². The lowest BCUT2D eigenvalue weighted by atomic mass is 9.88. The summed E-state index contributed by atoms with van der Waals surface area (Å²) in [6, 6.07) is 40.5. The second kappa shape index (κ2) is 21.0. The van der Waals surface area contributed by atoms with Crippen LogP contribution in [-0.2, 0) is 24.2 Å². The van der Waals surface area contributed by atoms with E-state index in [9.17, 15) is 29.7 Å². The normalized spacial score (nSPS) is 15.7. The molecule has 322 valence electrons. The van der Waals surface area contributed by atoms with Crippen LogP contribution in [0, 0.1) is 0 Å². The van der Waals surface area contributed by atoms with Crippen molar-refractivity contribution >= 4 is 34.3 Å². The number of aliphatic hydroxyl groups is 1. The van der Waals surface area contributed by atoms with E-state index >= 15 is 0 Å². The summed E-state index contributed by atoms with van der Waals surface area (Å²) in [6.07, 6.45) is 5.33. The van der Waals surface area contributed by atoms with Gasteiger partial charge in [0.1, 0.15) is 5.75 Å². The number of H-pyrrole nitrogens is 1. The van der Waals surface area contributed by atoms with E-state index in [4.69, 9.17) is 0 Å². The van der Waals surface area contributed by atoms with Crippen LogP contribution in [0.25, 0.3) is 22.0 Å². The molecule has 6 N–H and O–H groups in total. The molecule has 1 aliphatic rings. The van der Waals surface area contributed by atoms with Gasteiger partial charge in [0.15, 0.2) is 0 Å². The van der Waals surface area contributed by atoms with E-state index in [1.165, 1.54) is 17.7 Å². The first kappa shape index (κ1) is 43.8. The molecule has 0 aliphatic heterocycles. The number of aromatic hydroxyl groups is 1. The van der Waals surface area contributed by atoms with Gasteiger partial charge in [0, 0.05) is 54.3 Å². The number of benzene rings is 5. The maximum atomic E-state index is 13.1. The average molecular weight is 836 g/mol. The van der Waals surface area contributed by atoms with Crippen LogP contribution < -0.4 is 21.1 Å². The zero-order chi connectivity index (χ0) is 43.4. The van der Waals surface area contributed by atoms with E-state index in [0.717, 1.165) is 67.3 Å². The van der Waals surface area contributed by atoms with E-state index in [0.29, 0.717) is 59.7 Å². The van der Waals surface area contributed by atoms with Crippen molar-refractivity contribution in [1.82, 2.24) is 15.2 Å². The Labute approximate surface area is 363 Å². The summed E-state index contributed by atoms with van der Waals surface area (Å²) in [5.41, 5.74) is 7.09. The number of aliphatic hydroxyl groups excluding tert-OH is 1. The molecule has 1 fully saturated rings. The highest BCUT2D eigenvalue weighted by Gasteiger charge is 2.32. The van der Waals surface area contributed by atoms with Crippen molar-refractivity contribution in [2.45, 2.75) is 82.5 Å². The minimum atomic E-state index is -0.944. The number of carbonyl (C=O) groups excluding carboxylic acids is 1. The Morgan fingerprint density at radius 1 is 0.774 bits per heavy atom. The number of pyridine rings is 1. The SMILES string of the molecule is CN(CCCc1ccccc1)C1CCC(N(C(=O)O)c2cc(CCCC(=O)Nc3ccc(CNC[C@@H](O)c4ccc(O)c5[nH]c(=O)ccc45)cc3)ccc2-c2ccccc2)CC1. The number of aryl methyl sites for hydroxylation is 2. The van der Waals surface area contributed by atoms with Crippen LogP contribution in [0.15, 0.2) is 132 Å². The highest BCUT2D eigenvalue weighted by atomic mass is 16.4. The Bertz CT molecular complexity index is 2470. The fraction of sp³-hybridized carbons (Fsp3) is 0.314. The van der Waals surface area contributed by atoms with E-state index < -0.39 is 12.2 Å². The van der Waals surface area contributed by atoms with Crippen molar-refractivity contribution in [2.24, 2.45) is 0 Å². The van der Waals surface area contributed by atoms with Gasteiger partial charge in [-0.15, -0.1) is 0 Å². The molecule has 0 spiro atoms. The third kappa shape index (κ3) is 11.3. The number of rotatable bonds is 18. The van der Waals surface area contributed by atoms with Crippen molar-refractivity contribution in [3.05, 3.63) is 160 Å². The Morgan fingerprint density at radius 2 is 1.45 bits per heavy atom. The van der Waals surface area contributed by atoms with Crippen LogP contribution in [0.3, 0.4) is 0 Å². The van der Waals surface area contributed by atoms with Crippen LogP contribution in [0.4, 0.5) is 16.2 Å². The van der Waals surface area contributed by atoms with Gasteiger partial charge in [-0.25, -0.2) is 4.79 Å². The predicted molar refractivity (Wildman–Crippen MR) is 247 cm³/mol. The van der Waals surface area contributed by atoms with Gasteiger partial charge in [-0.1, -0.05) is 91.0 Å². The summed E-state index contributed by atoms with van der Waals surface area (Å²) in [6.45, 7) is 1.74. The van der Waals surface area contributed by atoms with E-state index in [-0.39, 0.29) is 29.8 Å². The minimum Gasteiger partial charge on any atom is -0.506 e. The molecule has 1 atom stereocenters. The first-order valence-corrected chi connectivity index (χ1v) is 21.7. The Balaban J connectivity index is 0.910. The number of phenols is 1. The molecule has 0 saturated heterocycles. The van der Waals surface area contributed by atoms with Gasteiger partial charge in [-0.05, 0) is 123 Å². The third-order valence-corrected chi connectivity index (χ3v) is 12.1. The van der Waals surface area contributed by atoms with E-state index in [1.807, 2.05) is 78.9 Å². The topological polar surface area (TPSA) is 158 Å². The van der Waals surface area contributed by atoms with Crippen LogP contribution in [0.2, 0.25) is 0 Å². The molecular formula is C51H57N5O6. The number of anilines is 2. The maximum Gasteiger partial charge on any atom is 0.412 e. The molecule has 6 aromatic rings.